The van der Waals surface area contributed by atoms with E-state index in [1.54, 1.807) is 0 Å². The van der Waals surface area contributed by atoms with Crippen LogP contribution in [-0.2, 0) is 10.0 Å². The second-order valence-electron chi connectivity index (χ2n) is 3.93. The standard InChI is InChI=1S/C10H16N4O6S/c11-12-9-2-1-8(7-10(9)14(17)18)21(19,20)13(3-5-15)4-6-16/h1-2,7,12,15-16H,3-6,11H2. The molecule has 0 aromatic heterocycles. The Bertz CT molecular complexity index is 600. The molecule has 1 rings (SSSR count). The van der Waals surface area contributed by atoms with Crippen LogP contribution in [0.15, 0.2) is 23.1 Å². The van der Waals surface area contributed by atoms with Crippen molar-refractivity contribution in [3.05, 3.63) is 28.3 Å². The quantitative estimate of drug-likeness (QED) is 0.265. The lowest BCUT2D eigenvalue weighted by Crippen LogP contribution is -2.35. The number of benzene rings is 1. The maximum absolute atomic E-state index is 12.3. The molecule has 0 fully saturated rings. The Morgan fingerprint density at radius 1 is 1.29 bits per heavy atom. The van der Waals surface area contributed by atoms with Crippen LogP contribution in [0.4, 0.5) is 11.4 Å². The summed E-state index contributed by atoms with van der Waals surface area (Å²) in [6.45, 7) is -1.34. The number of nitrogens with one attached hydrogen (secondary N) is 1. The third-order valence-electron chi connectivity index (χ3n) is 2.66. The first-order valence-electron chi connectivity index (χ1n) is 5.85. The first-order valence-corrected chi connectivity index (χ1v) is 7.29. The number of nitro groups is 1. The van der Waals surface area contributed by atoms with Crippen molar-refractivity contribution in [2.45, 2.75) is 4.90 Å². The van der Waals surface area contributed by atoms with Crippen LogP contribution in [-0.4, -0.2) is 54.2 Å². The van der Waals surface area contributed by atoms with Gasteiger partial charge in [0.15, 0.2) is 0 Å². The number of rotatable bonds is 8. The fraction of sp³-hybridized carbons (Fsp3) is 0.400. The van der Waals surface area contributed by atoms with Crippen molar-refractivity contribution in [2.75, 3.05) is 31.7 Å². The summed E-state index contributed by atoms with van der Waals surface area (Å²) in [5.41, 5.74) is 1.58. The lowest BCUT2D eigenvalue weighted by atomic mass is 10.3. The highest BCUT2D eigenvalue weighted by Crippen LogP contribution is 2.28. The highest BCUT2D eigenvalue weighted by atomic mass is 32.2. The van der Waals surface area contributed by atoms with Gasteiger partial charge in [0, 0.05) is 19.2 Å². The van der Waals surface area contributed by atoms with Gasteiger partial charge in [-0.3, -0.25) is 16.0 Å². The van der Waals surface area contributed by atoms with E-state index in [9.17, 15) is 18.5 Å². The Morgan fingerprint density at radius 2 is 1.86 bits per heavy atom. The molecule has 0 aliphatic rings. The van der Waals surface area contributed by atoms with Crippen LogP contribution in [0, 0.1) is 10.1 Å². The lowest BCUT2D eigenvalue weighted by molar-refractivity contribution is -0.384. The van der Waals surface area contributed by atoms with Crippen LogP contribution >= 0.6 is 0 Å². The summed E-state index contributed by atoms with van der Waals surface area (Å²) in [7, 11) is -4.07. The normalized spacial score (nSPS) is 11.6. The summed E-state index contributed by atoms with van der Waals surface area (Å²) in [6, 6.07) is 3.19. The number of aliphatic hydroxyl groups is 2. The van der Waals surface area contributed by atoms with E-state index in [-0.39, 0.29) is 23.7 Å². The number of anilines is 1. The minimum absolute atomic E-state index is 0.0326. The fourth-order valence-corrected chi connectivity index (χ4v) is 3.11. The van der Waals surface area contributed by atoms with Crippen molar-refractivity contribution in [3.63, 3.8) is 0 Å². The zero-order chi connectivity index (χ0) is 16.0. The Morgan fingerprint density at radius 3 is 2.29 bits per heavy atom. The van der Waals surface area contributed by atoms with Crippen molar-refractivity contribution in [1.29, 1.82) is 0 Å². The molecule has 0 bridgehead atoms. The monoisotopic (exact) mass is 320 g/mol. The number of hydrazine groups is 1. The first-order chi connectivity index (χ1) is 9.88. The molecule has 0 saturated carbocycles. The molecule has 21 heavy (non-hydrogen) atoms. The van der Waals surface area contributed by atoms with Gasteiger partial charge in [-0.15, -0.1) is 0 Å². The molecule has 10 nitrogen and oxygen atoms in total. The molecular formula is C10H16N4O6S. The lowest BCUT2D eigenvalue weighted by Gasteiger charge is -2.20. The number of hydrogen-bond donors (Lipinski definition) is 4. The first kappa shape index (κ1) is 17.3. The molecule has 1 aromatic carbocycles. The highest BCUT2D eigenvalue weighted by Gasteiger charge is 2.26. The van der Waals surface area contributed by atoms with Crippen LogP contribution in [0.3, 0.4) is 0 Å². The minimum atomic E-state index is -4.07. The van der Waals surface area contributed by atoms with Crippen molar-refractivity contribution in [3.8, 4) is 0 Å². The molecule has 0 aliphatic heterocycles. The molecule has 118 valence electrons. The second kappa shape index (κ2) is 7.28. The fourth-order valence-electron chi connectivity index (χ4n) is 1.67. The smallest absolute Gasteiger partial charge is 0.294 e. The molecule has 0 aliphatic carbocycles. The van der Waals surface area contributed by atoms with Crippen molar-refractivity contribution >= 4 is 21.4 Å². The van der Waals surface area contributed by atoms with Gasteiger partial charge in [0.1, 0.15) is 5.69 Å². The highest BCUT2D eigenvalue weighted by molar-refractivity contribution is 7.89. The average molecular weight is 320 g/mol. The van der Waals surface area contributed by atoms with Gasteiger partial charge < -0.3 is 15.6 Å². The third-order valence-corrected chi connectivity index (χ3v) is 4.55. The minimum Gasteiger partial charge on any atom is -0.395 e. The van der Waals surface area contributed by atoms with E-state index in [1.807, 2.05) is 0 Å². The van der Waals surface area contributed by atoms with Crippen LogP contribution in [0.5, 0.6) is 0 Å². The van der Waals surface area contributed by atoms with E-state index in [2.05, 4.69) is 5.43 Å². The largest absolute Gasteiger partial charge is 0.395 e. The second-order valence-corrected chi connectivity index (χ2v) is 5.87. The molecule has 0 amide bonds. The molecular weight excluding hydrogens is 304 g/mol. The van der Waals surface area contributed by atoms with Crippen LogP contribution in [0.1, 0.15) is 0 Å². The summed E-state index contributed by atoms with van der Waals surface area (Å²) in [4.78, 5) is 9.81. The van der Waals surface area contributed by atoms with Gasteiger partial charge in [-0.25, -0.2) is 8.42 Å². The van der Waals surface area contributed by atoms with Crippen LogP contribution in [0.25, 0.3) is 0 Å². The van der Waals surface area contributed by atoms with Crippen LogP contribution < -0.4 is 11.3 Å². The molecule has 0 atom stereocenters. The molecule has 5 N–H and O–H groups in total. The van der Waals surface area contributed by atoms with Crippen LogP contribution in [0.2, 0.25) is 0 Å². The summed E-state index contributed by atoms with van der Waals surface area (Å²) in [5.74, 6) is 5.12. The Labute approximate surface area is 121 Å². The number of nitro benzene ring substituents is 1. The molecule has 0 saturated heterocycles. The predicted octanol–water partition coefficient (Wildman–Crippen LogP) is -1.14. The van der Waals surface area contributed by atoms with Gasteiger partial charge in [-0.2, -0.15) is 4.31 Å². The summed E-state index contributed by atoms with van der Waals surface area (Å²) < 4.78 is 25.5. The number of hydrogen-bond acceptors (Lipinski definition) is 8. The van der Waals surface area contributed by atoms with Gasteiger partial charge in [0.05, 0.1) is 23.0 Å². The van der Waals surface area contributed by atoms with E-state index < -0.39 is 33.8 Å². The number of aliphatic hydroxyl groups excluding tert-OH is 2. The van der Waals surface area contributed by atoms with Crippen molar-refractivity contribution in [2.24, 2.45) is 5.84 Å². The molecule has 0 unspecified atom stereocenters. The Kier molecular flexibility index (Phi) is 5.99. The zero-order valence-corrected chi connectivity index (χ0v) is 11.8. The topological polar surface area (TPSA) is 159 Å². The summed E-state index contributed by atoms with van der Waals surface area (Å²) >= 11 is 0. The average Bonchev–Trinajstić information content (AvgIpc) is 2.46. The van der Waals surface area contributed by atoms with Crippen molar-refractivity contribution in [1.82, 2.24) is 4.31 Å². The molecule has 0 radical (unpaired) electrons. The number of nitrogens with two attached hydrogens (primary N) is 1. The maximum atomic E-state index is 12.3. The van der Waals surface area contributed by atoms with E-state index in [0.717, 1.165) is 16.4 Å². The Balaban J connectivity index is 3.30. The van der Waals surface area contributed by atoms with Gasteiger partial charge in [-0.05, 0) is 12.1 Å². The maximum Gasteiger partial charge on any atom is 0.294 e. The molecule has 1 aromatic rings. The van der Waals surface area contributed by atoms with E-state index in [1.165, 1.54) is 6.07 Å². The van der Waals surface area contributed by atoms with Gasteiger partial charge in [0.25, 0.3) is 5.69 Å². The SMILES string of the molecule is NNc1ccc(S(=O)(=O)N(CCO)CCO)cc1[N+](=O)[O-]. The Hall–Kier alpha value is -1.79. The van der Waals surface area contributed by atoms with Gasteiger partial charge >= 0.3 is 0 Å². The van der Waals surface area contributed by atoms with E-state index >= 15 is 0 Å². The summed E-state index contributed by atoms with van der Waals surface area (Å²) in [6.07, 6.45) is 0. The molecule has 11 heteroatoms. The van der Waals surface area contributed by atoms with E-state index in [4.69, 9.17) is 16.1 Å². The van der Waals surface area contributed by atoms with E-state index in [0.29, 0.717) is 0 Å². The number of nitrogens with zero attached hydrogens (tertiary/aromatic N) is 2. The summed E-state index contributed by atoms with van der Waals surface area (Å²) in [5, 5.41) is 28.7. The molecule has 0 heterocycles. The third kappa shape index (κ3) is 3.86. The predicted molar refractivity (Wildman–Crippen MR) is 73.8 cm³/mol. The number of nitrogen functional groups attached to an aromatic ring is 1. The van der Waals surface area contributed by atoms with Crippen molar-refractivity contribution < 1.29 is 23.6 Å². The number of sulfonamides is 1. The van der Waals surface area contributed by atoms with Gasteiger partial charge in [0.2, 0.25) is 10.0 Å². The molecule has 0 spiro atoms. The van der Waals surface area contributed by atoms with Gasteiger partial charge in [-0.1, -0.05) is 0 Å². The zero-order valence-electron chi connectivity index (χ0n) is 11.0.